The molecule has 0 radical (unpaired) electrons. The number of carboxylic acids is 1. The number of methoxy groups -OCH3 is 1. The van der Waals surface area contributed by atoms with Gasteiger partial charge in [0.2, 0.25) is 0 Å². The fraction of sp³-hybridized carbons (Fsp3) is 0.769. The van der Waals surface area contributed by atoms with Crippen molar-refractivity contribution in [1.29, 1.82) is 0 Å². The normalized spacial score (nSPS) is 10.8. The number of amides is 2. The molecule has 7 nitrogen and oxygen atoms in total. The zero-order chi connectivity index (χ0) is 15.9. The van der Waals surface area contributed by atoms with Gasteiger partial charge in [-0.15, -0.1) is 0 Å². The van der Waals surface area contributed by atoms with E-state index < -0.39 is 11.5 Å². The van der Waals surface area contributed by atoms with Gasteiger partial charge in [-0.05, 0) is 27.2 Å². The predicted octanol–water partition coefficient (Wildman–Crippen LogP) is 1.18. The van der Waals surface area contributed by atoms with Gasteiger partial charge < -0.3 is 19.6 Å². The number of urea groups is 1. The topological polar surface area (TPSA) is 87.2 Å². The lowest BCUT2D eigenvalue weighted by Crippen LogP contribution is -2.53. The number of aliphatic carboxylic acids is 1. The van der Waals surface area contributed by atoms with Crippen LogP contribution < -0.4 is 0 Å². The molecule has 0 aliphatic carbocycles. The van der Waals surface area contributed by atoms with E-state index in [-0.39, 0.29) is 25.0 Å². The Bertz CT molecular complexity index is 362. The molecule has 0 atom stereocenters. The maximum absolute atomic E-state index is 12.2. The zero-order valence-electron chi connectivity index (χ0n) is 12.8. The molecule has 0 heterocycles. The summed E-state index contributed by atoms with van der Waals surface area (Å²) in [7, 11) is 2.89. The van der Waals surface area contributed by atoms with Crippen LogP contribution in [0.15, 0.2) is 0 Å². The van der Waals surface area contributed by atoms with Gasteiger partial charge in [-0.3, -0.25) is 9.59 Å². The Balaban J connectivity index is 4.57. The standard InChI is InChI=1S/C13H24N2O5/c1-13(2,3)15(9-10(16)17)12(19)14(4)8-6-7-11(18)20-5/h6-9H2,1-5H3,(H,16,17). The first kappa shape index (κ1) is 18.2. The SMILES string of the molecule is COC(=O)CCCN(C)C(=O)N(CC(=O)O)C(C)(C)C. The smallest absolute Gasteiger partial charge is 0.323 e. The molecule has 1 N–H and O–H groups in total. The van der Waals surface area contributed by atoms with Crippen LogP contribution in [0.25, 0.3) is 0 Å². The number of ether oxygens (including phenoxy) is 1. The minimum atomic E-state index is -1.06. The van der Waals surface area contributed by atoms with Gasteiger partial charge in [0.25, 0.3) is 0 Å². The second-order valence-corrected chi connectivity index (χ2v) is 5.53. The summed E-state index contributed by atoms with van der Waals surface area (Å²) in [4.78, 5) is 36.8. The Kier molecular flexibility index (Phi) is 7.02. The first-order valence-corrected chi connectivity index (χ1v) is 6.41. The van der Waals surface area contributed by atoms with Crippen LogP contribution in [0.4, 0.5) is 4.79 Å². The molecule has 7 heteroatoms. The van der Waals surface area contributed by atoms with E-state index in [0.29, 0.717) is 13.0 Å². The van der Waals surface area contributed by atoms with Crippen LogP contribution in [-0.2, 0) is 14.3 Å². The van der Waals surface area contributed by atoms with E-state index in [1.165, 1.54) is 16.9 Å². The number of hydrogen-bond donors (Lipinski definition) is 1. The van der Waals surface area contributed by atoms with Crippen molar-refractivity contribution in [2.24, 2.45) is 0 Å². The van der Waals surface area contributed by atoms with Crippen molar-refractivity contribution < 1.29 is 24.2 Å². The van der Waals surface area contributed by atoms with Crippen molar-refractivity contribution in [3.63, 3.8) is 0 Å². The Hall–Kier alpha value is -1.79. The fourth-order valence-corrected chi connectivity index (χ4v) is 1.59. The quantitative estimate of drug-likeness (QED) is 0.741. The van der Waals surface area contributed by atoms with Crippen molar-refractivity contribution >= 4 is 18.0 Å². The highest BCUT2D eigenvalue weighted by Crippen LogP contribution is 2.15. The fourth-order valence-electron chi connectivity index (χ4n) is 1.59. The molecule has 0 rings (SSSR count). The first-order chi connectivity index (χ1) is 9.09. The molecule has 0 aromatic carbocycles. The van der Waals surface area contributed by atoms with Crippen molar-refractivity contribution in [3.8, 4) is 0 Å². The van der Waals surface area contributed by atoms with Gasteiger partial charge in [0, 0.05) is 25.6 Å². The van der Waals surface area contributed by atoms with E-state index in [1.807, 2.05) is 0 Å². The summed E-state index contributed by atoms with van der Waals surface area (Å²) >= 11 is 0. The average molecular weight is 288 g/mol. The van der Waals surface area contributed by atoms with Crippen LogP contribution in [0.2, 0.25) is 0 Å². The van der Waals surface area contributed by atoms with Gasteiger partial charge in [0.1, 0.15) is 6.54 Å². The molecule has 0 aromatic rings. The largest absolute Gasteiger partial charge is 0.480 e. The predicted molar refractivity (Wildman–Crippen MR) is 73.4 cm³/mol. The highest BCUT2D eigenvalue weighted by molar-refractivity contribution is 5.80. The molecule has 0 saturated carbocycles. The minimum Gasteiger partial charge on any atom is -0.480 e. The van der Waals surface area contributed by atoms with Gasteiger partial charge in [-0.25, -0.2) is 4.79 Å². The third-order valence-electron chi connectivity index (χ3n) is 2.76. The van der Waals surface area contributed by atoms with Crippen LogP contribution in [0.5, 0.6) is 0 Å². The maximum Gasteiger partial charge on any atom is 0.323 e. The zero-order valence-corrected chi connectivity index (χ0v) is 12.8. The van der Waals surface area contributed by atoms with Crippen LogP contribution in [0.1, 0.15) is 33.6 Å². The van der Waals surface area contributed by atoms with Gasteiger partial charge in [0.05, 0.1) is 7.11 Å². The van der Waals surface area contributed by atoms with Crippen molar-refractivity contribution in [3.05, 3.63) is 0 Å². The molecule has 0 aliphatic rings. The molecule has 2 amide bonds. The maximum atomic E-state index is 12.2. The Morgan fingerprint density at radius 2 is 1.75 bits per heavy atom. The van der Waals surface area contributed by atoms with E-state index in [9.17, 15) is 14.4 Å². The van der Waals surface area contributed by atoms with Crippen molar-refractivity contribution in [2.75, 3.05) is 27.2 Å². The van der Waals surface area contributed by atoms with Gasteiger partial charge in [-0.1, -0.05) is 0 Å². The molecule has 0 aliphatic heterocycles. The molecule has 0 unspecified atom stereocenters. The highest BCUT2D eigenvalue weighted by Gasteiger charge is 2.30. The van der Waals surface area contributed by atoms with Crippen LogP contribution >= 0.6 is 0 Å². The monoisotopic (exact) mass is 288 g/mol. The average Bonchev–Trinajstić information content (AvgIpc) is 2.33. The van der Waals surface area contributed by atoms with Gasteiger partial charge in [-0.2, -0.15) is 0 Å². The summed E-state index contributed by atoms with van der Waals surface area (Å²) in [5, 5.41) is 8.89. The number of carboxylic acid groups (broad SMARTS) is 1. The second kappa shape index (κ2) is 7.72. The second-order valence-electron chi connectivity index (χ2n) is 5.53. The molecule has 0 fully saturated rings. The van der Waals surface area contributed by atoms with Crippen molar-refractivity contribution in [1.82, 2.24) is 9.80 Å². The molecule has 20 heavy (non-hydrogen) atoms. The first-order valence-electron chi connectivity index (χ1n) is 6.41. The van der Waals surface area contributed by atoms with Crippen LogP contribution in [0.3, 0.4) is 0 Å². The number of nitrogens with zero attached hydrogens (tertiary/aromatic N) is 2. The molecule has 0 saturated heterocycles. The third-order valence-corrected chi connectivity index (χ3v) is 2.76. The number of esters is 1. The summed E-state index contributed by atoms with van der Waals surface area (Å²) in [5.41, 5.74) is -0.591. The van der Waals surface area contributed by atoms with Crippen LogP contribution in [-0.4, -0.2) is 65.7 Å². The summed E-state index contributed by atoms with van der Waals surface area (Å²) in [5.74, 6) is -1.39. The third kappa shape index (κ3) is 6.40. The van der Waals surface area contributed by atoms with Gasteiger partial charge >= 0.3 is 18.0 Å². The Morgan fingerprint density at radius 1 is 1.20 bits per heavy atom. The number of carbonyl (C=O) groups is 3. The summed E-state index contributed by atoms with van der Waals surface area (Å²) in [6, 6.07) is -0.371. The highest BCUT2D eigenvalue weighted by atomic mass is 16.5. The summed E-state index contributed by atoms with van der Waals surface area (Å²) in [6.45, 7) is 5.33. The Morgan fingerprint density at radius 3 is 2.15 bits per heavy atom. The van der Waals surface area contributed by atoms with E-state index in [1.54, 1.807) is 27.8 Å². The molecular weight excluding hydrogens is 264 g/mol. The number of hydrogen-bond acceptors (Lipinski definition) is 4. The van der Waals surface area contributed by atoms with E-state index in [0.717, 1.165) is 0 Å². The minimum absolute atomic E-state index is 0.225. The summed E-state index contributed by atoms with van der Waals surface area (Å²) in [6.07, 6.45) is 0.697. The van der Waals surface area contributed by atoms with Gasteiger partial charge in [0.15, 0.2) is 0 Å². The molecule has 116 valence electrons. The summed E-state index contributed by atoms with van der Waals surface area (Å²) < 4.78 is 4.52. The lowest BCUT2D eigenvalue weighted by molar-refractivity contribution is -0.140. The van der Waals surface area contributed by atoms with E-state index >= 15 is 0 Å². The number of carbonyl (C=O) groups excluding carboxylic acids is 2. The lowest BCUT2D eigenvalue weighted by Gasteiger charge is -2.37. The molecule has 0 bridgehead atoms. The molecular formula is C13H24N2O5. The van der Waals surface area contributed by atoms with Crippen LogP contribution in [0, 0.1) is 0 Å². The Labute approximate surface area is 119 Å². The van der Waals surface area contributed by atoms with Crippen molar-refractivity contribution in [2.45, 2.75) is 39.2 Å². The number of rotatable bonds is 6. The lowest BCUT2D eigenvalue weighted by atomic mass is 10.1. The van der Waals surface area contributed by atoms with E-state index in [4.69, 9.17) is 5.11 Å². The van der Waals surface area contributed by atoms with E-state index in [2.05, 4.69) is 4.74 Å². The molecule has 0 spiro atoms. The molecule has 0 aromatic heterocycles.